The van der Waals surface area contributed by atoms with Crippen LogP contribution < -0.4 is 0 Å². The predicted octanol–water partition coefficient (Wildman–Crippen LogP) is -1.14. The lowest BCUT2D eigenvalue weighted by molar-refractivity contribution is -0.256. The van der Waals surface area contributed by atoms with Crippen molar-refractivity contribution in [2.75, 3.05) is 14.2 Å². The van der Waals surface area contributed by atoms with Crippen LogP contribution in [0.5, 0.6) is 0 Å². The van der Waals surface area contributed by atoms with E-state index in [2.05, 4.69) is 4.74 Å². The van der Waals surface area contributed by atoms with Gasteiger partial charge in [0, 0.05) is 7.11 Å². The number of carbonyl (C=O) groups excluding carboxylic acids is 1. The van der Waals surface area contributed by atoms with Crippen molar-refractivity contribution >= 4 is 17.6 Å². The van der Waals surface area contributed by atoms with Gasteiger partial charge in [0.1, 0.15) is 12.2 Å². The number of alkyl halides is 1. The molecule has 15 heavy (non-hydrogen) atoms. The first-order valence-electron chi connectivity index (χ1n) is 4.29. The number of hydrogen-bond donors (Lipinski definition) is 2. The Hall–Kier alpha value is -0.400. The van der Waals surface area contributed by atoms with Gasteiger partial charge < -0.3 is 24.4 Å². The molecule has 1 aliphatic heterocycles. The smallest absolute Gasteiger partial charge is 0.336 e. The van der Waals surface area contributed by atoms with E-state index in [0.717, 1.165) is 0 Å². The maximum absolute atomic E-state index is 11.2. The third-order valence-electron chi connectivity index (χ3n) is 2.19. The molecule has 0 aromatic carbocycles. The Morgan fingerprint density at radius 2 is 1.93 bits per heavy atom. The highest BCUT2D eigenvalue weighted by Crippen LogP contribution is 2.26. The lowest BCUT2D eigenvalue weighted by Gasteiger charge is -2.38. The Kier molecular flexibility index (Phi) is 4.30. The minimum Gasteiger partial charge on any atom is -0.467 e. The van der Waals surface area contributed by atoms with E-state index in [1.165, 1.54) is 14.2 Å². The summed E-state index contributed by atoms with van der Waals surface area (Å²) in [5, 5.41) is 17.9. The maximum Gasteiger partial charge on any atom is 0.336 e. The normalized spacial score (nSPS) is 41.3. The van der Waals surface area contributed by atoms with Crippen molar-refractivity contribution < 1.29 is 29.2 Å². The van der Waals surface area contributed by atoms with Gasteiger partial charge in [-0.05, 0) is 0 Å². The largest absolute Gasteiger partial charge is 0.467 e. The van der Waals surface area contributed by atoms with Crippen LogP contribution in [0.1, 0.15) is 0 Å². The molecule has 1 saturated heterocycles. The molecule has 0 aromatic heterocycles. The predicted molar refractivity (Wildman–Crippen MR) is 49.3 cm³/mol. The minimum absolute atomic E-state index is 0.719. The molecule has 1 rings (SSSR count). The van der Waals surface area contributed by atoms with Crippen LogP contribution in [-0.4, -0.2) is 60.4 Å². The summed E-state index contributed by atoms with van der Waals surface area (Å²) in [6.07, 6.45) is -4.85. The molecule has 6 nitrogen and oxygen atoms in total. The molecule has 0 aliphatic carbocycles. The molecule has 1 heterocycles. The molecule has 2 N–H and O–H groups in total. The van der Waals surface area contributed by atoms with Gasteiger partial charge in [-0.3, -0.25) is 0 Å². The number of carbonyl (C=O) groups is 1. The molecule has 7 heteroatoms. The average Bonchev–Trinajstić information content (AvgIpc) is 2.25. The SMILES string of the molecule is COC(=O)[C@H]1O[C@@H](OC)[C@H](O)[C@@H](O)[C@H]1Cl. The Morgan fingerprint density at radius 3 is 2.40 bits per heavy atom. The van der Waals surface area contributed by atoms with Gasteiger partial charge in [0.25, 0.3) is 0 Å². The zero-order valence-corrected chi connectivity index (χ0v) is 9.05. The van der Waals surface area contributed by atoms with E-state index in [0.29, 0.717) is 0 Å². The second-order valence-electron chi connectivity index (χ2n) is 3.11. The van der Waals surface area contributed by atoms with Crippen LogP contribution in [0.4, 0.5) is 0 Å². The first-order chi connectivity index (χ1) is 7.02. The van der Waals surface area contributed by atoms with E-state index in [9.17, 15) is 15.0 Å². The number of ether oxygens (including phenoxy) is 3. The van der Waals surface area contributed by atoms with Crippen LogP contribution in [0.2, 0.25) is 0 Å². The van der Waals surface area contributed by atoms with E-state index in [-0.39, 0.29) is 0 Å². The standard InChI is InChI=1S/C8H13ClO6/c1-13-7(12)6-3(9)4(10)5(11)8(14-2)15-6/h3-6,8,10-11H,1-2H3/t3-,4+,5-,6+,8-/m1/s1. The van der Waals surface area contributed by atoms with Gasteiger partial charge >= 0.3 is 5.97 Å². The number of aliphatic hydroxyl groups is 2. The Morgan fingerprint density at radius 1 is 1.33 bits per heavy atom. The summed E-state index contributed by atoms with van der Waals surface area (Å²) in [5.74, 6) is -0.719. The highest BCUT2D eigenvalue weighted by Gasteiger charge is 2.47. The molecule has 0 unspecified atom stereocenters. The van der Waals surface area contributed by atoms with Crippen LogP contribution in [0.3, 0.4) is 0 Å². The molecule has 88 valence electrons. The fourth-order valence-electron chi connectivity index (χ4n) is 1.33. The molecule has 0 spiro atoms. The number of rotatable bonds is 2. The lowest BCUT2D eigenvalue weighted by atomic mass is 10.0. The second kappa shape index (κ2) is 5.09. The summed E-state index contributed by atoms with van der Waals surface area (Å²) < 4.78 is 14.2. The van der Waals surface area contributed by atoms with Gasteiger partial charge in [-0.15, -0.1) is 11.6 Å². The summed E-state index contributed by atoms with van der Waals surface area (Å²) >= 11 is 5.73. The molecular weight excluding hydrogens is 228 g/mol. The van der Waals surface area contributed by atoms with E-state index in [4.69, 9.17) is 21.1 Å². The Labute approximate surface area is 91.7 Å². The number of methoxy groups -OCH3 is 2. The molecule has 1 fully saturated rings. The number of esters is 1. The molecule has 5 atom stereocenters. The summed E-state index contributed by atoms with van der Waals surface area (Å²) in [5.41, 5.74) is 0. The highest BCUT2D eigenvalue weighted by atomic mass is 35.5. The van der Waals surface area contributed by atoms with Crippen molar-refractivity contribution in [2.45, 2.75) is 30.0 Å². The van der Waals surface area contributed by atoms with E-state index in [1.807, 2.05) is 0 Å². The number of hydrogen-bond acceptors (Lipinski definition) is 6. The first-order valence-corrected chi connectivity index (χ1v) is 4.72. The minimum atomic E-state index is -1.31. The van der Waals surface area contributed by atoms with Crippen LogP contribution in [0, 0.1) is 0 Å². The average molecular weight is 241 g/mol. The fourth-order valence-corrected chi connectivity index (χ4v) is 1.64. The molecule has 0 bridgehead atoms. The van der Waals surface area contributed by atoms with Gasteiger partial charge in [0.05, 0.1) is 12.5 Å². The van der Waals surface area contributed by atoms with Crippen LogP contribution >= 0.6 is 11.6 Å². The third-order valence-corrected chi connectivity index (χ3v) is 2.68. The topological polar surface area (TPSA) is 85.2 Å². The lowest BCUT2D eigenvalue weighted by Crippen LogP contribution is -2.58. The zero-order valence-electron chi connectivity index (χ0n) is 8.29. The van der Waals surface area contributed by atoms with Crippen LogP contribution in [0.25, 0.3) is 0 Å². The molecule has 0 saturated carbocycles. The van der Waals surface area contributed by atoms with Crippen molar-refractivity contribution in [2.24, 2.45) is 0 Å². The summed E-state index contributed by atoms with van der Waals surface area (Å²) in [4.78, 5) is 11.2. The number of aliphatic hydroxyl groups excluding tert-OH is 2. The Balaban J connectivity index is 2.78. The Bertz CT molecular complexity index is 233. The summed E-state index contributed by atoms with van der Waals surface area (Å²) in [7, 11) is 2.46. The number of halogens is 1. The van der Waals surface area contributed by atoms with Crippen molar-refractivity contribution in [3.8, 4) is 0 Å². The summed E-state index contributed by atoms with van der Waals surface area (Å²) in [6, 6.07) is 0. The van der Waals surface area contributed by atoms with Crippen LogP contribution in [0.15, 0.2) is 0 Å². The molecule has 0 amide bonds. The van der Waals surface area contributed by atoms with E-state index >= 15 is 0 Å². The zero-order chi connectivity index (χ0) is 11.6. The quantitative estimate of drug-likeness (QED) is 0.469. The van der Waals surface area contributed by atoms with Gasteiger partial charge in [0.15, 0.2) is 12.4 Å². The fraction of sp³-hybridized carbons (Fsp3) is 0.875. The van der Waals surface area contributed by atoms with E-state index < -0.39 is 35.9 Å². The maximum atomic E-state index is 11.2. The van der Waals surface area contributed by atoms with Gasteiger partial charge in [-0.25, -0.2) is 4.79 Å². The van der Waals surface area contributed by atoms with Gasteiger partial charge in [-0.2, -0.15) is 0 Å². The van der Waals surface area contributed by atoms with Crippen molar-refractivity contribution in [3.63, 3.8) is 0 Å². The second-order valence-corrected chi connectivity index (χ2v) is 3.61. The van der Waals surface area contributed by atoms with E-state index in [1.54, 1.807) is 0 Å². The molecule has 0 radical (unpaired) electrons. The van der Waals surface area contributed by atoms with Crippen molar-refractivity contribution in [3.05, 3.63) is 0 Å². The molecule has 0 aromatic rings. The summed E-state index contributed by atoms with van der Waals surface area (Å²) in [6.45, 7) is 0. The monoisotopic (exact) mass is 240 g/mol. The molecular formula is C8H13ClO6. The first kappa shape index (κ1) is 12.7. The van der Waals surface area contributed by atoms with Gasteiger partial charge in [0.2, 0.25) is 0 Å². The molecule has 1 aliphatic rings. The van der Waals surface area contributed by atoms with Gasteiger partial charge in [-0.1, -0.05) is 0 Å². The van der Waals surface area contributed by atoms with Crippen molar-refractivity contribution in [1.82, 2.24) is 0 Å². The highest BCUT2D eigenvalue weighted by molar-refractivity contribution is 6.23. The van der Waals surface area contributed by atoms with Crippen molar-refractivity contribution in [1.29, 1.82) is 0 Å². The van der Waals surface area contributed by atoms with Crippen LogP contribution in [-0.2, 0) is 19.0 Å². The third kappa shape index (κ3) is 2.40.